The van der Waals surface area contributed by atoms with Crippen molar-refractivity contribution in [3.63, 3.8) is 0 Å². The van der Waals surface area contributed by atoms with Gasteiger partial charge in [-0.3, -0.25) is 4.79 Å². The molecule has 88 valence electrons. The first-order valence-corrected chi connectivity index (χ1v) is 7.04. The van der Waals surface area contributed by atoms with Crippen molar-refractivity contribution in [2.75, 3.05) is 25.6 Å². The summed E-state index contributed by atoms with van der Waals surface area (Å²) in [6.45, 7) is 0.895. The Morgan fingerprint density at radius 3 is 2.73 bits per heavy atom. The van der Waals surface area contributed by atoms with Gasteiger partial charge in [-0.15, -0.1) is 0 Å². The second kappa shape index (κ2) is 6.38. The third kappa shape index (κ3) is 4.03. The topological polar surface area (TPSA) is 46.3 Å². The molecule has 1 atom stereocenters. The number of amides is 1. The number of likely N-dealkylation sites (N-methyl/N-ethyl adjacent to an activating group) is 1. The van der Waals surface area contributed by atoms with Gasteiger partial charge in [-0.05, 0) is 37.2 Å². The van der Waals surface area contributed by atoms with E-state index in [9.17, 15) is 4.79 Å². The molecular formula is C11H22N2OS. The number of nitrogens with two attached hydrogens (primary N) is 1. The second-order valence-electron chi connectivity index (χ2n) is 4.40. The van der Waals surface area contributed by atoms with E-state index in [1.165, 1.54) is 19.3 Å². The van der Waals surface area contributed by atoms with E-state index in [0.717, 1.165) is 24.6 Å². The Bertz CT molecular complexity index is 207. The number of carbonyl (C=O) groups excluding carboxylic acids is 1. The average molecular weight is 230 g/mol. The largest absolute Gasteiger partial charge is 0.344 e. The highest BCUT2D eigenvalue weighted by Crippen LogP contribution is 2.26. The summed E-state index contributed by atoms with van der Waals surface area (Å²) < 4.78 is 0. The monoisotopic (exact) mass is 230 g/mol. The first kappa shape index (κ1) is 12.8. The highest BCUT2D eigenvalue weighted by molar-refractivity contribution is 7.98. The van der Waals surface area contributed by atoms with Crippen molar-refractivity contribution >= 4 is 17.7 Å². The highest BCUT2D eigenvalue weighted by atomic mass is 32.2. The van der Waals surface area contributed by atoms with Crippen LogP contribution < -0.4 is 5.73 Å². The zero-order valence-corrected chi connectivity index (χ0v) is 10.6. The van der Waals surface area contributed by atoms with Gasteiger partial charge in [-0.25, -0.2) is 0 Å². The molecule has 0 radical (unpaired) electrons. The van der Waals surface area contributed by atoms with Gasteiger partial charge in [-0.2, -0.15) is 11.8 Å². The Morgan fingerprint density at radius 1 is 1.60 bits per heavy atom. The fraction of sp³-hybridized carbons (Fsp3) is 0.909. The molecule has 0 saturated heterocycles. The van der Waals surface area contributed by atoms with E-state index < -0.39 is 0 Å². The lowest BCUT2D eigenvalue weighted by atomic mass is 9.85. The van der Waals surface area contributed by atoms with Crippen LogP contribution in [-0.4, -0.2) is 42.4 Å². The lowest BCUT2D eigenvalue weighted by Crippen LogP contribution is -2.44. The van der Waals surface area contributed by atoms with Gasteiger partial charge in [0.25, 0.3) is 0 Å². The molecule has 1 aliphatic carbocycles. The van der Waals surface area contributed by atoms with Crippen molar-refractivity contribution in [1.29, 1.82) is 0 Å². The van der Waals surface area contributed by atoms with E-state index in [0.29, 0.717) is 0 Å². The van der Waals surface area contributed by atoms with Crippen LogP contribution in [0.2, 0.25) is 0 Å². The number of carbonyl (C=O) groups is 1. The molecule has 1 fully saturated rings. The molecule has 0 unspecified atom stereocenters. The van der Waals surface area contributed by atoms with Gasteiger partial charge < -0.3 is 10.6 Å². The third-order valence-electron chi connectivity index (χ3n) is 3.08. The van der Waals surface area contributed by atoms with Gasteiger partial charge in [0, 0.05) is 13.6 Å². The molecule has 4 heteroatoms. The Kier molecular flexibility index (Phi) is 5.47. The summed E-state index contributed by atoms with van der Waals surface area (Å²) in [4.78, 5) is 13.6. The van der Waals surface area contributed by atoms with Crippen molar-refractivity contribution in [1.82, 2.24) is 4.90 Å². The summed E-state index contributed by atoms with van der Waals surface area (Å²) >= 11 is 1.74. The first-order valence-electron chi connectivity index (χ1n) is 5.64. The van der Waals surface area contributed by atoms with Crippen molar-refractivity contribution in [3.05, 3.63) is 0 Å². The van der Waals surface area contributed by atoms with Gasteiger partial charge in [0.2, 0.25) is 5.91 Å². The summed E-state index contributed by atoms with van der Waals surface area (Å²) in [7, 11) is 1.87. The van der Waals surface area contributed by atoms with Crippen molar-refractivity contribution < 1.29 is 4.79 Å². The standard InChI is InChI=1S/C11H22N2OS/c1-13(8-9-4-3-5-9)11(14)10(12)6-7-15-2/h9-10H,3-8,12H2,1-2H3/t10-/m1/s1. The van der Waals surface area contributed by atoms with Crippen LogP contribution in [-0.2, 0) is 4.79 Å². The van der Waals surface area contributed by atoms with Gasteiger partial charge in [0.15, 0.2) is 0 Å². The molecule has 0 aromatic rings. The van der Waals surface area contributed by atoms with Crippen LogP contribution >= 0.6 is 11.8 Å². The third-order valence-corrected chi connectivity index (χ3v) is 3.73. The summed E-state index contributed by atoms with van der Waals surface area (Å²) in [5.41, 5.74) is 5.83. The van der Waals surface area contributed by atoms with Crippen LogP contribution in [0, 0.1) is 5.92 Å². The van der Waals surface area contributed by atoms with Crippen LogP contribution in [0.1, 0.15) is 25.7 Å². The Hall–Kier alpha value is -0.220. The van der Waals surface area contributed by atoms with Crippen LogP contribution in [0.5, 0.6) is 0 Å². The lowest BCUT2D eigenvalue weighted by Gasteiger charge is -2.31. The summed E-state index contributed by atoms with van der Waals surface area (Å²) in [5.74, 6) is 1.80. The quantitative estimate of drug-likeness (QED) is 0.748. The molecule has 1 saturated carbocycles. The van der Waals surface area contributed by atoms with Gasteiger partial charge >= 0.3 is 0 Å². The lowest BCUT2D eigenvalue weighted by molar-refractivity contribution is -0.132. The molecule has 0 heterocycles. The molecule has 0 aromatic carbocycles. The predicted octanol–water partition coefficient (Wildman–Crippen LogP) is 1.33. The molecule has 0 spiro atoms. The fourth-order valence-corrected chi connectivity index (χ4v) is 2.29. The van der Waals surface area contributed by atoms with Gasteiger partial charge in [0.05, 0.1) is 6.04 Å². The molecule has 0 aliphatic heterocycles. The van der Waals surface area contributed by atoms with Crippen LogP contribution in [0.4, 0.5) is 0 Å². The Balaban J connectivity index is 2.23. The Morgan fingerprint density at radius 2 is 2.27 bits per heavy atom. The molecule has 2 N–H and O–H groups in total. The maximum atomic E-state index is 11.8. The maximum Gasteiger partial charge on any atom is 0.239 e. The van der Waals surface area contributed by atoms with Crippen molar-refractivity contribution in [2.45, 2.75) is 31.7 Å². The van der Waals surface area contributed by atoms with E-state index in [2.05, 4.69) is 0 Å². The number of thioether (sulfide) groups is 1. The molecule has 3 nitrogen and oxygen atoms in total. The zero-order chi connectivity index (χ0) is 11.3. The van der Waals surface area contributed by atoms with E-state index in [4.69, 9.17) is 5.73 Å². The molecule has 1 aliphatic rings. The number of rotatable bonds is 6. The second-order valence-corrected chi connectivity index (χ2v) is 5.39. The van der Waals surface area contributed by atoms with E-state index >= 15 is 0 Å². The van der Waals surface area contributed by atoms with E-state index in [-0.39, 0.29) is 11.9 Å². The van der Waals surface area contributed by atoms with Gasteiger partial charge in [-0.1, -0.05) is 6.42 Å². The SMILES string of the molecule is CSCC[C@@H](N)C(=O)N(C)CC1CCC1. The van der Waals surface area contributed by atoms with Crippen molar-refractivity contribution in [3.8, 4) is 0 Å². The molecule has 0 bridgehead atoms. The normalized spacial score (nSPS) is 18.3. The van der Waals surface area contributed by atoms with Crippen LogP contribution in [0.3, 0.4) is 0 Å². The number of hydrogen-bond donors (Lipinski definition) is 1. The van der Waals surface area contributed by atoms with Crippen LogP contribution in [0.15, 0.2) is 0 Å². The number of hydrogen-bond acceptors (Lipinski definition) is 3. The minimum absolute atomic E-state index is 0.107. The van der Waals surface area contributed by atoms with E-state index in [1.54, 1.807) is 11.8 Å². The molecule has 1 amide bonds. The van der Waals surface area contributed by atoms with Gasteiger partial charge in [0.1, 0.15) is 0 Å². The number of nitrogens with zero attached hydrogens (tertiary/aromatic N) is 1. The summed E-state index contributed by atoms with van der Waals surface area (Å²) in [5, 5.41) is 0. The molecule has 15 heavy (non-hydrogen) atoms. The molecule has 0 aromatic heterocycles. The first-order chi connectivity index (χ1) is 7.15. The Labute approximate surface area is 96.8 Å². The average Bonchev–Trinajstić information content (AvgIpc) is 2.18. The zero-order valence-electron chi connectivity index (χ0n) is 9.74. The summed E-state index contributed by atoms with van der Waals surface area (Å²) in [6, 6.07) is -0.303. The smallest absolute Gasteiger partial charge is 0.239 e. The minimum atomic E-state index is -0.303. The fourth-order valence-electron chi connectivity index (χ4n) is 1.80. The summed E-state index contributed by atoms with van der Waals surface area (Å²) in [6.07, 6.45) is 6.70. The molecule has 1 rings (SSSR count). The maximum absolute atomic E-state index is 11.8. The van der Waals surface area contributed by atoms with E-state index in [1.807, 2.05) is 18.2 Å². The van der Waals surface area contributed by atoms with Crippen molar-refractivity contribution in [2.24, 2.45) is 11.7 Å². The van der Waals surface area contributed by atoms with Crippen LogP contribution in [0.25, 0.3) is 0 Å². The minimum Gasteiger partial charge on any atom is -0.344 e. The molecular weight excluding hydrogens is 208 g/mol. The predicted molar refractivity (Wildman–Crippen MR) is 66.0 cm³/mol. The highest BCUT2D eigenvalue weighted by Gasteiger charge is 2.23.